The van der Waals surface area contributed by atoms with Crippen LogP contribution in [0.3, 0.4) is 0 Å². The first-order valence-corrected chi connectivity index (χ1v) is 6.66. The minimum absolute atomic E-state index is 0.0791. The first-order valence-electron chi connectivity index (χ1n) is 6.66. The van der Waals surface area contributed by atoms with E-state index in [1.807, 2.05) is 6.92 Å². The maximum absolute atomic E-state index is 12.6. The molecule has 0 spiro atoms. The highest BCUT2D eigenvalue weighted by molar-refractivity contribution is 5.77. The fourth-order valence-electron chi connectivity index (χ4n) is 1.98. The number of nitro groups is 1. The number of nitro benzene ring substituents is 1. The van der Waals surface area contributed by atoms with Crippen LogP contribution < -0.4 is 10.2 Å². The van der Waals surface area contributed by atoms with Gasteiger partial charge in [0.15, 0.2) is 0 Å². The van der Waals surface area contributed by atoms with Gasteiger partial charge in [0.1, 0.15) is 11.4 Å². The van der Waals surface area contributed by atoms with E-state index in [1.165, 1.54) is 12.1 Å². The summed E-state index contributed by atoms with van der Waals surface area (Å²) in [6, 6.07) is 4.51. The second-order valence-electron chi connectivity index (χ2n) is 4.42. The zero-order chi connectivity index (χ0) is 15.8. The Morgan fingerprint density at radius 3 is 2.71 bits per heavy atom. The second-order valence-corrected chi connectivity index (χ2v) is 4.42. The number of hydrogen-bond donors (Lipinski definition) is 2. The van der Waals surface area contributed by atoms with E-state index in [0.717, 1.165) is 11.3 Å². The Bertz CT molecular complexity index is 472. The Hall–Kier alpha value is -1.96. The molecule has 0 saturated carbocycles. The first kappa shape index (κ1) is 17.1. The molecule has 0 aliphatic carbocycles. The van der Waals surface area contributed by atoms with Crippen LogP contribution in [0.25, 0.3) is 0 Å². The van der Waals surface area contributed by atoms with Crippen LogP contribution in [0.2, 0.25) is 0 Å². The SMILES string of the molecule is CCCNc1cccc(N(CCO)CC(F)F)c1[N+](=O)[O-]. The van der Waals surface area contributed by atoms with Gasteiger partial charge in [-0.05, 0) is 18.6 Å². The third kappa shape index (κ3) is 4.82. The van der Waals surface area contributed by atoms with Gasteiger partial charge in [0.2, 0.25) is 0 Å². The molecular weight excluding hydrogens is 284 g/mol. The maximum atomic E-state index is 12.6. The van der Waals surface area contributed by atoms with E-state index < -0.39 is 17.9 Å². The summed E-state index contributed by atoms with van der Waals surface area (Å²) >= 11 is 0. The van der Waals surface area contributed by atoms with E-state index in [1.54, 1.807) is 6.07 Å². The van der Waals surface area contributed by atoms with Gasteiger partial charge in [-0.2, -0.15) is 0 Å². The van der Waals surface area contributed by atoms with Gasteiger partial charge in [-0.3, -0.25) is 10.1 Å². The van der Waals surface area contributed by atoms with Crippen molar-refractivity contribution in [1.82, 2.24) is 0 Å². The number of alkyl halides is 2. The maximum Gasteiger partial charge on any atom is 0.315 e. The molecule has 0 unspecified atom stereocenters. The summed E-state index contributed by atoms with van der Waals surface area (Å²) in [5.41, 5.74) is 0.118. The number of aliphatic hydroxyl groups excluding tert-OH is 1. The zero-order valence-corrected chi connectivity index (χ0v) is 11.8. The molecule has 0 fully saturated rings. The lowest BCUT2D eigenvalue weighted by molar-refractivity contribution is -0.383. The highest BCUT2D eigenvalue weighted by Gasteiger charge is 2.25. The molecular formula is C13H19F2N3O3. The van der Waals surface area contributed by atoms with E-state index >= 15 is 0 Å². The molecule has 0 heterocycles. The van der Waals surface area contributed by atoms with Crippen LogP contribution in [0.5, 0.6) is 0 Å². The lowest BCUT2D eigenvalue weighted by Gasteiger charge is -2.24. The van der Waals surface area contributed by atoms with Crippen LogP contribution in [-0.4, -0.2) is 42.7 Å². The molecule has 1 rings (SSSR count). The molecule has 21 heavy (non-hydrogen) atoms. The Balaban J connectivity index is 3.21. The molecule has 2 N–H and O–H groups in total. The van der Waals surface area contributed by atoms with Crippen LogP contribution in [0.4, 0.5) is 25.8 Å². The Labute approximate surface area is 121 Å². The van der Waals surface area contributed by atoms with Crippen molar-refractivity contribution in [3.8, 4) is 0 Å². The van der Waals surface area contributed by atoms with Gasteiger partial charge in [0, 0.05) is 13.1 Å². The number of anilines is 2. The fraction of sp³-hybridized carbons (Fsp3) is 0.538. The van der Waals surface area contributed by atoms with Crippen molar-refractivity contribution < 1.29 is 18.8 Å². The molecule has 6 nitrogen and oxygen atoms in total. The zero-order valence-electron chi connectivity index (χ0n) is 11.8. The van der Waals surface area contributed by atoms with E-state index in [0.29, 0.717) is 6.54 Å². The van der Waals surface area contributed by atoms with Gasteiger partial charge in [-0.15, -0.1) is 0 Å². The largest absolute Gasteiger partial charge is 0.395 e. The number of benzene rings is 1. The quantitative estimate of drug-likeness (QED) is 0.541. The minimum atomic E-state index is -2.65. The number of nitrogens with zero attached hydrogens (tertiary/aromatic N) is 2. The van der Waals surface area contributed by atoms with Crippen LogP contribution in [0, 0.1) is 10.1 Å². The Morgan fingerprint density at radius 2 is 2.19 bits per heavy atom. The number of para-hydroxylation sites is 1. The van der Waals surface area contributed by atoms with Crippen LogP contribution >= 0.6 is 0 Å². The lowest BCUT2D eigenvalue weighted by atomic mass is 10.2. The van der Waals surface area contributed by atoms with Gasteiger partial charge in [0.25, 0.3) is 6.43 Å². The number of hydrogen-bond acceptors (Lipinski definition) is 5. The highest BCUT2D eigenvalue weighted by atomic mass is 19.3. The van der Waals surface area contributed by atoms with Crippen LogP contribution in [0.15, 0.2) is 18.2 Å². The van der Waals surface area contributed by atoms with Gasteiger partial charge in [-0.1, -0.05) is 13.0 Å². The minimum Gasteiger partial charge on any atom is -0.395 e. The summed E-state index contributed by atoms with van der Waals surface area (Å²) in [4.78, 5) is 11.8. The van der Waals surface area contributed by atoms with Crippen molar-refractivity contribution in [2.24, 2.45) is 0 Å². The molecule has 0 atom stereocenters. The highest BCUT2D eigenvalue weighted by Crippen LogP contribution is 2.35. The summed E-state index contributed by atoms with van der Waals surface area (Å²) in [7, 11) is 0. The van der Waals surface area contributed by atoms with Crippen molar-refractivity contribution in [2.75, 3.05) is 36.5 Å². The average molecular weight is 303 g/mol. The molecule has 0 aromatic heterocycles. The van der Waals surface area contributed by atoms with Gasteiger partial charge in [-0.25, -0.2) is 8.78 Å². The summed E-state index contributed by atoms with van der Waals surface area (Å²) in [6.07, 6.45) is -1.87. The molecule has 118 valence electrons. The number of aliphatic hydroxyl groups is 1. The molecule has 0 bridgehead atoms. The monoisotopic (exact) mass is 303 g/mol. The number of halogens is 2. The first-order chi connectivity index (χ1) is 10.0. The summed E-state index contributed by atoms with van der Waals surface area (Å²) in [5.74, 6) is 0. The normalized spacial score (nSPS) is 10.7. The van der Waals surface area contributed by atoms with E-state index in [-0.39, 0.29) is 30.2 Å². The number of nitrogens with one attached hydrogen (secondary N) is 1. The predicted octanol–water partition coefficient (Wildman–Crippen LogP) is 2.48. The second kappa shape index (κ2) is 8.35. The number of rotatable bonds is 9. The Morgan fingerprint density at radius 1 is 1.48 bits per heavy atom. The topological polar surface area (TPSA) is 78.6 Å². The molecule has 0 aliphatic rings. The molecule has 0 aliphatic heterocycles. The molecule has 1 aromatic carbocycles. The average Bonchev–Trinajstić information content (AvgIpc) is 2.43. The predicted molar refractivity (Wildman–Crippen MR) is 77.2 cm³/mol. The van der Waals surface area contributed by atoms with E-state index in [9.17, 15) is 18.9 Å². The van der Waals surface area contributed by atoms with Gasteiger partial charge >= 0.3 is 5.69 Å². The molecule has 0 saturated heterocycles. The lowest BCUT2D eigenvalue weighted by Crippen LogP contribution is -2.32. The summed E-state index contributed by atoms with van der Waals surface area (Å²) in [6.45, 7) is 1.33. The third-order valence-corrected chi connectivity index (χ3v) is 2.83. The molecule has 0 amide bonds. The van der Waals surface area contributed by atoms with Crippen molar-refractivity contribution in [2.45, 2.75) is 19.8 Å². The molecule has 1 aromatic rings. The fourth-order valence-corrected chi connectivity index (χ4v) is 1.98. The van der Waals surface area contributed by atoms with E-state index in [2.05, 4.69) is 5.32 Å². The van der Waals surface area contributed by atoms with Crippen molar-refractivity contribution in [1.29, 1.82) is 0 Å². The van der Waals surface area contributed by atoms with Crippen molar-refractivity contribution in [3.05, 3.63) is 28.3 Å². The summed E-state index contributed by atoms with van der Waals surface area (Å²) in [5, 5.41) is 23.2. The van der Waals surface area contributed by atoms with E-state index in [4.69, 9.17) is 5.11 Å². The Kier molecular flexibility index (Phi) is 6.80. The van der Waals surface area contributed by atoms with Crippen LogP contribution in [0.1, 0.15) is 13.3 Å². The molecule has 8 heteroatoms. The van der Waals surface area contributed by atoms with Gasteiger partial charge in [0.05, 0.1) is 18.1 Å². The van der Waals surface area contributed by atoms with Crippen LogP contribution in [-0.2, 0) is 0 Å². The van der Waals surface area contributed by atoms with Gasteiger partial charge < -0.3 is 15.3 Å². The summed E-state index contributed by atoms with van der Waals surface area (Å²) < 4.78 is 25.2. The van der Waals surface area contributed by atoms with Crippen molar-refractivity contribution >= 4 is 17.1 Å². The third-order valence-electron chi connectivity index (χ3n) is 2.83. The standard InChI is InChI=1S/C13H19F2N3O3/c1-2-6-16-10-4-3-5-11(13(10)18(20)21)17(7-8-19)9-12(14)15/h3-5,12,16,19H,2,6-9H2,1H3. The van der Waals surface area contributed by atoms with Crippen molar-refractivity contribution in [3.63, 3.8) is 0 Å². The molecule has 0 radical (unpaired) electrons. The smallest absolute Gasteiger partial charge is 0.315 e.